The predicted molar refractivity (Wildman–Crippen MR) is 140 cm³/mol. The third-order valence-corrected chi connectivity index (χ3v) is 6.23. The highest BCUT2D eigenvalue weighted by Crippen LogP contribution is 2.26. The Labute approximate surface area is 206 Å². The Morgan fingerprint density at radius 1 is 0.971 bits per heavy atom. The predicted octanol–water partition coefficient (Wildman–Crippen LogP) is 5.07. The van der Waals surface area contributed by atoms with E-state index in [-0.39, 0.29) is 5.82 Å². The molecule has 0 aliphatic heterocycles. The number of aromatic nitrogens is 4. The molecule has 0 unspecified atom stereocenters. The number of rotatable bonds is 6. The van der Waals surface area contributed by atoms with E-state index in [2.05, 4.69) is 26.9 Å². The number of nitrogens with zero attached hydrogens (tertiary/aromatic N) is 4. The second-order valence-electron chi connectivity index (χ2n) is 9.26. The first-order chi connectivity index (χ1) is 17.0. The second-order valence-corrected chi connectivity index (χ2v) is 9.26. The summed E-state index contributed by atoms with van der Waals surface area (Å²) in [5, 5.41) is 15.1. The number of hydrogen-bond donors (Lipinski definition) is 3. The van der Waals surface area contributed by atoms with Gasteiger partial charge in [-0.2, -0.15) is 10.1 Å². The van der Waals surface area contributed by atoms with Gasteiger partial charge in [0, 0.05) is 49.9 Å². The Kier molecular flexibility index (Phi) is 8.26. The van der Waals surface area contributed by atoms with Crippen LogP contribution >= 0.6 is 0 Å². The number of fused-ring (bicyclic) bond motifs is 1. The molecule has 0 saturated heterocycles. The molecule has 1 saturated carbocycles. The highest BCUT2D eigenvalue weighted by molar-refractivity contribution is 5.90. The molecular weight excluding hydrogens is 441 g/mol. The number of aromatic amines is 1. The van der Waals surface area contributed by atoms with E-state index in [4.69, 9.17) is 9.97 Å². The summed E-state index contributed by atoms with van der Waals surface area (Å²) >= 11 is 0. The third kappa shape index (κ3) is 6.99. The number of nitrogens with one attached hydrogen (secondary N) is 3. The SMILES string of the molecule is CN(C)c1nc(NC2CCC(NCc3cn[nH]c3)CC2)nc2ccccc12.Cc1ccc(F)cc1. The zero-order valence-electron chi connectivity index (χ0n) is 20.6. The van der Waals surface area contributed by atoms with Gasteiger partial charge in [0.25, 0.3) is 0 Å². The van der Waals surface area contributed by atoms with Gasteiger partial charge in [-0.05, 0) is 56.9 Å². The number of anilines is 2. The van der Waals surface area contributed by atoms with Crippen LogP contribution in [0.3, 0.4) is 0 Å². The van der Waals surface area contributed by atoms with Gasteiger partial charge in [-0.3, -0.25) is 5.10 Å². The van der Waals surface area contributed by atoms with Crippen molar-refractivity contribution in [2.45, 2.75) is 51.2 Å². The molecule has 1 aliphatic carbocycles. The zero-order valence-corrected chi connectivity index (χ0v) is 20.6. The number of benzene rings is 2. The molecule has 35 heavy (non-hydrogen) atoms. The molecule has 7 nitrogen and oxygen atoms in total. The first kappa shape index (κ1) is 24.6. The summed E-state index contributed by atoms with van der Waals surface area (Å²) in [7, 11) is 4.05. The Morgan fingerprint density at radius 2 is 1.69 bits per heavy atom. The Balaban J connectivity index is 0.000000308. The lowest BCUT2D eigenvalue weighted by Gasteiger charge is -2.30. The minimum absolute atomic E-state index is 0.171. The van der Waals surface area contributed by atoms with E-state index in [1.165, 1.54) is 17.7 Å². The first-order valence-electron chi connectivity index (χ1n) is 12.1. The van der Waals surface area contributed by atoms with E-state index in [0.29, 0.717) is 12.1 Å². The van der Waals surface area contributed by atoms with Crippen molar-refractivity contribution in [1.82, 2.24) is 25.5 Å². The zero-order chi connectivity index (χ0) is 24.6. The summed E-state index contributed by atoms with van der Waals surface area (Å²) in [5.41, 5.74) is 3.27. The van der Waals surface area contributed by atoms with E-state index in [0.717, 1.165) is 60.5 Å². The fourth-order valence-electron chi connectivity index (χ4n) is 4.26. The summed E-state index contributed by atoms with van der Waals surface area (Å²) in [6.45, 7) is 2.80. The minimum Gasteiger partial charge on any atom is -0.362 e. The van der Waals surface area contributed by atoms with Crippen LogP contribution in [-0.2, 0) is 6.54 Å². The van der Waals surface area contributed by atoms with E-state index >= 15 is 0 Å². The average molecular weight is 476 g/mol. The molecule has 1 aliphatic rings. The van der Waals surface area contributed by atoms with Gasteiger partial charge < -0.3 is 15.5 Å². The summed E-state index contributed by atoms with van der Waals surface area (Å²) in [5.74, 6) is 1.52. The molecule has 2 heterocycles. The van der Waals surface area contributed by atoms with Crippen LogP contribution in [0.25, 0.3) is 10.9 Å². The largest absolute Gasteiger partial charge is 0.362 e. The molecule has 3 N–H and O–H groups in total. The molecule has 184 valence electrons. The molecule has 0 atom stereocenters. The molecule has 0 amide bonds. The smallest absolute Gasteiger partial charge is 0.225 e. The lowest BCUT2D eigenvalue weighted by molar-refractivity contribution is 0.352. The monoisotopic (exact) mass is 475 g/mol. The number of para-hydroxylation sites is 1. The molecule has 5 rings (SSSR count). The van der Waals surface area contributed by atoms with Gasteiger partial charge in [0.15, 0.2) is 0 Å². The fraction of sp³-hybridized carbons (Fsp3) is 0.370. The van der Waals surface area contributed by atoms with Crippen LogP contribution in [0.2, 0.25) is 0 Å². The molecule has 0 bridgehead atoms. The molecule has 0 spiro atoms. The molecular formula is C27H34FN7. The van der Waals surface area contributed by atoms with Crippen molar-refractivity contribution in [3.05, 3.63) is 77.9 Å². The van der Waals surface area contributed by atoms with Crippen LogP contribution in [0.5, 0.6) is 0 Å². The average Bonchev–Trinajstić information content (AvgIpc) is 3.39. The van der Waals surface area contributed by atoms with Gasteiger partial charge in [-0.25, -0.2) is 9.37 Å². The van der Waals surface area contributed by atoms with Crippen molar-refractivity contribution >= 4 is 22.7 Å². The molecule has 2 aromatic carbocycles. The van der Waals surface area contributed by atoms with Crippen LogP contribution in [0.4, 0.5) is 16.2 Å². The van der Waals surface area contributed by atoms with Crippen LogP contribution < -0.4 is 15.5 Å². The maximum Gasteiger partial charge on any atom is 0.225 e. The summed E-state index contributed by atoms with van der Waals surface area (Å²) in [6, 6.07) is 15.6. The van der Waals surface area contributed by atoms with E-state index in [1.54, 1.807) is 12.1 Å². The van der Waals surface area contributed by atoms with Gasteiger partial charge in [0.2, 0.25) is 5.95 Å². The first-order valence-corrected chi connectivity index (χ1v) is 12.1. The van der Waals surface area contributed by atoms with Crippen molar-refractivity contribution in [3.63, 3.8) is 0 Å². The minimum atomic E-state index is -0.171. The van der Waals surface area contributed by atoms with Crippen molar-refractivity contribution in [2.75, 3.05) is 24.3 Å². The van der Waals surface area contributed by atoms with Crippen molar-refractivity contribution in [1.29, 1.82) is 0 Å². The topological polar surface area (TPSA) is 81.8 Å². The number of H-pyrrole nitrogens is 1. The highest BCUT2D eigenvalue weighted by Gasteiger charge is 2.22. The van der Waals surface area contributed by atoms with Crippen LogP contribution in [-0.4, -0.2) is 46.3 Å². The summed E-state index contributed by atoms with van der Waals surface area (Å²) < 4.78 is 12.1. The quantitative estimate of drug-likeness (QED) is 0.361. The van der Waals surface area contributed by atoms with E-state index in [9.17, 15) is 4.39 Å². The van der Waals surface area contributed by atoms with Gasteiger partial charge in [0.1, 0.15) is 11.6 Å². The maximum absolute atomic E-state index is 12.1. The standard InChI is InChI=1S/C20H27N7.C7H7F/c1-27(2)19-17-5-3-4-6-18(17)25-20(26-19)24-16-9-7-15(8-10-16)21-11-14-12-22-23-13-14;1-6-2-4-7(8)5-3-6/h3-6,12-13,15-16,21H,7-11H2,1-2H3,(H,22,23)(H,24,25,26);2-5H,1H3. The Bertz CT molecular complexity index is 1160. The summed E-state index contributed by atoms with van der Waals surface area (Å²) in [6.07, 6.45) is 8.37. The van der Waals surface area contributed by atoms with E-state index < -0.39 is 0 Å². The Hall–Kier alpha value is -3.52. The van der Waals surface area contributed by atoms with Crippen LogP contribution in [0.1, 0.15) is 36.8 Å². The lowest BCUT2D eigenvalue weighted by Crippen LogP contribution is -2.36. The van der Waals surface area contributed by atoms with E-state index in [1.807, 2.05) is 56.5 Å². The third-order valence-electron chi connectivity index (χ3n) is 6.23. The second kappa shape index (κ2) is 11.8. The van der Waals surface area contributed by atoms with Crippen molar-refractivity contribution in [2.24, 2.45) is 0 Å². The van der Waals surface area contributed by atoms with Crippen molar-refractivity contribution in [3.8, 4) is 0 Å². The van der Waals surface area contributed by atoms with Crippen LogP contribution in [0.15, 0.2) is 60.9 Å². The lowest BCUT2D eigenvalue weighted by atomic mass is 9.91. The normalized spacial score (nSPS) is 17.5. The molecule has 2 aromatic heterocycles. The molecule has 8 heteroatoms. The summed E-state index contributed by atoms with van der Waals surface area (Å²) in [4.78, 5) is 11.5. The maximum atomic E-state index is 12.1. The molecule has 0 radical (unpaired) electrons. The number of hydrogen-bond acceptors (Lipinski definition) is 6. The van der Waals surface area contributed by atoms with Crippen molar-refractivity contribution < 1.29 is 4.39 Å². The van der Waals surface area contributed by atoms with Crippen LogP contribution in [0, 0.1) is 12.7 Å². The fourth-order valence-corrected chi connectivity index (χ4v) is 4.26. The Morgan fingerprint density at radius 3 is 2.34 bits per heavy atom. The molecule has 1 fully saturated rings. The van der Waals surface area contributed by atoms with Gasteiger partial charge >= 0.3 is 0 Å². The highest BCUT2D eigenvalue weighted by atomic mass is 19.1. The van der Waals surface area contributed by atoms with Gasteiger partial charge in [0.05, 0.1) is 11.7 Å². The number of halogens is 1. The van der Waals surface area contributed by atoms with Gasteiger partial charge in [-0.1, -0.05) is 29.8 Å². The number of aryl methyl sites for hydroxylation is 1. The van der Waals surface area contributed by atoms with Gasteiger partial charge in [-0.15, -0.1) is 0 Å². The molecule has 4 aromatic rings.